The van der Waals surface area contributed by atoms with Crippen LogP contribution in [0, 0.1) is 0 Å². The van der Waals surface area contributed by atoms with Crippen LogP contribution in [0.5, 0.6) is 11.5 Å². The summed E-state index contributed by atoms with van der Waals surface area (Å²) < 4.78 is 5.36. The largest absolute Gasteiger partial charge is 0.508 e. The lowest BCUT2D eigenvalue weighted by Gasteiger charge is -2.12. The Labute approximate surface area is 151 Å². The molecule has 5 heteroatoms. The number of aliphatic hydroxyl groups is 1. The van der Waals surface area contributed by atoms with Gasteiger partial charge in [-0.15, -0.1) is 0 Å². The Balaban J connectivity index is 1.86. The maximum atomic E-state index is 9.75. The van der Waals surface area contributed by atoms with Crippen molar-refractivity contribution < 1.29 is 24.7 Å². The molecule has 1 unspecified atom stereocenters. The molecule has 0 aliphatic rings. The second-order valence-electron chi connectivity index (χ2n) is 6.40. The molecule has 0 aliphatic carbocycles. The van der Waals surface area contributed by atoms with Crippen molar-refractivity contribution in [1.29, 1.82) is 0 Å². The van der Waals surface area contributed by atoms with Crippen molar-refractivity contribution in [2.24, 2.45) is 0 Å². The van der Waals surface area contributed by atoms with Crippen molar-refractivity contribution in [2.75, 3.05) is 19.8 Å². The lowest BCUT2D eigenvalue weighted by Crippen LogP contribution is -2.23. The Hall–Kier alpha value is -1.30. The summed E-state index contributed by atoms with van der Waals surface area (Å²) in [6, 6.07) is 6.45. The van der Waals surface area contributed by atoms with E-state index in [0.717, 1.165) is 12.8 Å². The number of benzene rings is 1. The first-order valence-electron chi connectivity index (χ1n) is 9.56. The summed E-state index contributed by atoms with van der Waals surface area (Å²) in [4.78, 5) is 10.1. The molecule has 5 nitrogen and oxygen atoms in total. The molecule has 0 spiro atoms. The summed E-state index contributed by atoms with van der Waals surface area (Å²) in [6.45, 7) is 2.94. The van der Waals surface area contributed by atoms with Gasteiger partial charge in [-0.05, 0) is 18.6 Å². The van der Waals surface area contributed by atoms with E-state index >= 15 is 0 Å². The van der Waals surface area contributed by atoms with Crippen molar-refractivity contribution in [1.82, 2.24) is 0 Å². The maximum absolute atomic E-state index is 9.75. The zero-order valence-corrected chi connectivity index (χ0v) is 15.5. The van der Waals surface area contributed by atoms with Crippen molar-refractivity contribution in [3.8, 4) is 11.5 Å². The number of phenolic OH excluding ortho intramolecular Hbond substituents is 1. The third-order valence-corrected chi connectivity index (χ3v) is 3.93. The summed E-state index contributed by atoms with van der Waals surface area (Å²) in [5, 5.41) is 19.1. The van der Waals surface area contributed by atoms with Crippen LogP contribution in [0.25, 0.3) is 0 Å². The van der Waals surface area contributed by atoms with Crippen molar-refractivity contribution in [3.05, 3.63) is 24.3 Å². The molecule has 0 heterocycles. The fourth-order valence-electron chi connectivity index (χ4n) is 2.47. The molecule has 0 fully saturated rings. The molecule has 0 aliphatic heterocycles. The van der Waals surface area contributed by atoms with Crippen LogP contribution >= 0.6 is 0 Å². The molecule has 0 amide bonds. The monoisotopic (exact) mass is 354 g/mol. The molecular weight excluding hydrogens is 320 g/mol. The van der Waals surface area contributed by atoms with Crippen LogP contribution in [0.15, 0.2) is 24.3 Å². The van der Waals surface area contributed by atoms with Gasteiger partial charge < -0.3 is 14.9 Å². The molecule has 0 aromatic heterocycles. The highest BCUT2D eigenvalue weighted by Gasteiger charge is 2.06. The van der Waals surface area contributed by atoms with Gasteiger partial charge in [0.15, 0.2) is 0 Å². The minimum absolute atomic E-state index is 0.0657. The van der Waals surface area contributed by atoms with E-state index in [4.69, 9.17) is 14.5 Å². The topological polar surface area (TPSA) is 68.2 Å². The Bertz CT molecular complexity index is 424. The summed E-state index contributed by atoms with van der Waals surface area (Å²) in [5.74, 6) is 0.641. The smallest absolute Gasteiger partial charge is 0.123 e. The third kappa shape index (κ3) is 12.7. The highest BCUT2D eigenvalue weighted by Crippen LogP contribution is 2.17. The number of unbranched alkanes of at least 4 members (excludes halogenated alkanes) is 8. The van der Waals surface area contributed by atoms with Gasteiger partial charge in [0.25, 0.3) is 0 Å². The van der Waals surface area contributed by atoms with Gasteiger partial charge in [0.05, 0.1) is 6.61 Å². The maximum Gasteiger partial charge on any atom is 0.123 e. The Morgan fingerprint density at radius 1 is 0.880 bits per heavy atom. The first-order valence-corrected chi connectivity index (χ1v) is 9.56. The zero-order valence-electron chi connectivity index (χ0n) is 15.5. The van der Waals surface area contributed by atoms with Crippen molar-refractivity contribution in [3.63, 3.8) is 0 Å². The van der Waals surface area contributed by atoms with E-state index in [1.54, 1.807) is 18.2 Å². The van der Waals surface area contributed by atoms with E-state index in [9.17, 15) is 10.2 Å². The second-order valence-corrected chi connectivity index (χ2v) is 6.40. The van der Waals surface area contributed by atoms with E-state index < -0.39 is 6.10 Å². The number of aliphatic hydroxyl groups excluding tert-OH is 1. The van der Waals surface area contributed by atoms with Crippen LogP contribution < -0.4 is 4.74 Å². The van der Waals surface area contributed by atoms with Gasteiger partial charge in [0.1, 0.15) is 30.8 Å². The van der Waals surface area contributed by atoms with Gasteiger partial charge in [-0.25, -0.2) is 9.78 Å². The molecule has 144 valence electrons. The fourth-order valence-corrected chi connectivity index (χ4v) is 2.47. The first kappa shape index (κ1) is 21.7. The summed E-state index contributed by atoms with van der Waals surface area (Å²) in [5.41, 5.74) is 0. The van der Waals surface area contributed by atoms with Crippen LogP contribution in [0.4, 0.5) is 0 Å². The molecule has 0 bridgehead atoms. The molecule has 0 saturated heterocycles. The van der Waals surface area contributed by atoms with Crippen LogP contribution in [0.2, 0.25) is 0 Å². The van der Waals surface area contributed by atoms with Crippen LogP contribution in [0.1, 0.15) is 64.7 Å². The molecule has 1 atom stereocenters. The average molecular weight is 354 g/mol. The van der Waals surface area contributed by atoms with E-state index in [0.29, 0.717) is 12.4 Å². The van der Waals surface area contributed by atoms with Gasteiger partial charge in [0.2, 0.25) is 0 Å². The lowest BCUT2D eigenvalue weighted by atomic mass is 10.1. The minimum atomic E-state index is -0.773. The number of aromatic hydroxyl groups is 1. The first-order chi connectivity index (χ1) is 12.2. The number of hydrogen-bond acceptors (Lipinski definition) is 5. The predicted octanol–water partition coefficient (Wildman–Crippen LogP) is 4.61. The SMILES string of the molecule is CCCCCCCCCCCOOCC(O)COc1cccc(O)c1. The average Bonchev–Trinajstić information content (AvgIpc) is 2.61. The molecule has 25 heavy (non-hydrogen) atoms. The molecule has 1 aromatic carbocycles. The Morgan fingerprint density at radius 3 is 2.24 bits per heavy atom. The standard InChI is InChI=1S/C20H34O5/c1-2-3-4-5-6-7-8-9-10-14-24-25-17-19(22)16-23-20-13-11-12-18(21)15-20/h11-13,15,19,21-22H,2-10,14,16-17H2,1H3. The van der Waals surface area contributed by atoms with Crippen molar-refractivity contribution >= 4 is 0 Å². The zero-order chi connectivity index (χ0) is 18.2. The van der Waals surface area contributed by atoms with Gasteiger partial charge >= 0.3 is 0 Å². The highest BCUT2D eigenvalue weighted by molar-refractivity contribution is 5.31. The molecule has 0 radical (unpaired) electrons. The normalized spacial score (nSPS) is 12.2. The minimum Gasteiger partial charge on any atom is -0.508 e. The quantitative estimate of drug-likeness (QED) is 0.258. The van der Waals surface area contributed by atoms with Crippen LogP contribution in [-0.2, 0) is 9.78 Å². The Kier molecular flexibility index (Phi) is 13.0. The molecular formula is C20H34O5. The summed E-state index contributed by atoms with van der Waals surface area (Å²) in [6.07, 6.45) is 10.6. The lowest BCUT2D eigenvalue weighted by molar-refractivity contribution is -0.306. The molecule has 1 rings (SSSR count). The van der Waals surface area contributed by atoms with Gasteiger partial charge in [-0.2, -0.15) is 0 Å². The van der Waals surface area contributed by atoms with Gasteiger partial charge in [-0.1, -0.05) is 64.4 Å². The third-order valence-electron chi connectivity index (χ3n) is 3.93. The van der Waals surface area contributed by atoms with E-state index in [1.165, 1.54) is 51.0 Å². The van der Waals surface area contributed by atoms with Crippen molar-refractivity contribution in [2.45, 2.75) is 70.8 Å². The van der Waals surface area contributed by atoms with Crippen LogP contribution in [-0.4, -0.2) is 36.1 Å². The second kappa shape index (κ2) is 15.0. The van der Waals surface area contributed by atoms with Crippen LogP contribution in [0.3, 0.4) is 0 Å². The van der Waals surface area contributed by atoms with E-state index in [1.807, 2.05) is 0 Å². The summed E-state index contributed by atoms with van der Waals surface area (Å²) in [7, 11) is 0. The Morgan fingerprint density at radius 2 is 1.56 bits per heavy atom. The predicted molar refractivity (Wildman–Crippen MR) is 98.7 cm³/mol. The van der Waals surface area contributed by atoms with E-state index in [2.05, 4.69) is 6.92 Å². The number of ether oxygens (including phenoxy) is 1. The highest BCUT2D eigenvalue weighted by atomic mass is 17.2. The van der Waals surface area contributed by atoms with Gasteiger partial charge in [0, 0.05) is 6.07 Å². The number of hydrogen-bond donors (Lipinski definition) is 2. The fraction of sp³-hybridized carbons (Fsp3) is 0.700. The molecule has 1 aromatic rings. The molecule has 2 N–H and O–H groups in total. The number of rotatable bonds is 16. The molecule has 0 saturated carbocycles. The number of phenols is 1. The van der Waals surface area contributed by atoms with Gasteiger partial charge in [-0.3, -0.25) is 0 Å². The van der Waals surface area contributed by atoms with E-state index in [-0.39, 0.29) is 19.0 Å². The summed E-state index contributed by atoms with van der Waals surface area (Å²) >= 11 is 0.